The van der Waals surface area contributed by atoms with Gasteiger partial charge in [0.05, 0.1) is 16.7 Å². The number of hydrogen-bond acceptors (Lipinski definition) is 5. The van der Waals surface area contributed by atoms with Crippen LogP contribution in [0.2, 0.25) is 0 Å². The van der Waals surface area contributed by atoms with Crippen molar-refractivity contribution < 1.29 is 18.3 Å². The summed E-state index contributed by atoms with van der Waals surface area (Å²) in [6.45, 7) is 7.28. The molecule has 1 atom stereocenters. The molecule has 0 radical (unpaired) electrons. The zero-order valence-corrected chi connectivity index (χ0v) is 12.6. The third-order valence-electron chi connectivity index (χ3n) is 2.29. The third-order valence-corrected chi connectivity index (χ3v) is 5.17. The van der Waals surface area contributed by atoms with Gasteiger partial charge in [0, 0.05) is 4.88 Å². The van der Waals surface area contributed by atoms with Gasteiger partial charge in [-0.1, -0.05) is 0 Å². The summed E-state index contributed by atoms with van der Waals surface area (Å²) in [6.07, 6.45) is -1.27. The number of sulfonamides is 1. The maximum atomic E-state index is 11.7. The summed E-state index contributed by atoms with van der Waals surface area (Å²) in [4.78, 5) is 1.44. The quantitative estimate of drug-likeness (QED) is 0.784. The van der Waals surface area contributed by atoms with Crippen LogP contribution in [0.1, 0.15) is 36.8 Å². The maximum Gasteiger partial charge on any atom is 0.216 e. The molecule has 5 nitrogen and oxygen atoms in total. The largest absolute Gasteiger partial charge is 0.493 e. The molecule has 18 heavy (non-hydrogen) atoms. The molecule has 1 rings (SSSR count). The van der Waals surface area contributed by atoms with E-state index in [-0.39, 0.29) is 0 Å². The van der Waals surface area contributed by atoms with Gasteiger partial charge < -0.3 is 9.84 Å². The molecule has 1 aromatic rings. The molecule has 0 aliphatic rings. The molecule has 0 aliphatic heterocycles. The van der Waals surface area contributed by atoms with Crippen LogP contribution in [0, 0.1) is 6.92 Å². The molecule has 0 saturated heterocycles. The van der Waals surface area contributed by atoms with E-state index in [4.69, 9.17) is 4.74 Å². The molecular formula is C11H19NO4S2. The van der Waals surface area contributed by atoms with E-state index >= 15 is 0 Å². The second-order valence-corrected chi connectivity index (χ2v) is 7.69. The number of rotatable bonds is 6. The lowest BCUT2D eigenvalue weighted by Crippen LogP contribution is -2.33. The van der Waals surface area contributed by atoms with Gasteiger partial charge in [0.2, 0.25) is 10.0 Å². The zero-order valence-electron chi connectivity index (χ0n) is 10.9. The van der Waals surface area contributed by atoms with E-state index in [2.05, 4.69) is 4.72 Å². The fourth-order valence-electron chi connectivity index (χ4n) is 1.31. The number of ether oxygens (including phenoxy) is 1. The van der Waals surface area contributed by atoms with Crippen molar-refractivity contribution in [1.29, 1.82) is 0 Å². The van der Waals surface area contributed by atoms with Crippen molar-refractivity contribution in [3.8, 4) is 5.75 Å². The van der Waals surface area contributed by atoms with Crippen LogP contribution in [-0.2, 0) is 10.0 Å². The zero-order chi connectivity index (χ0) is 13.9. The van der Waals surface area contributed by atoms with E-state index in [1.54, 1.807) is 19.9 Å². The van der Waals surface area contributed by atoms with E-state index in [0.29, 0.717) is 17.2 Å². The molecular weight excluding hydrogens is 274 g/mol. The molecule has 0 aromatic carbocycles. The minimum absolute atomic E-state index is 0.465. The second kappa shape index (κ2) is 6.01. The smallest absolute Gasteiger partial charge is 0.216 e. The summed E-state index contributed by atoms with van der Waals surface area (Å²) in [7, 11) is -3.52. The number of thiophene rings is 1. The fraction of sp³-hybridized carbons (Fsp3) is 0.636. The SMILES string of the molecule is CCOc1cc(C)sc1C(O)NS(=O)(=O)C(C)C. The molecule has 7 heteroatoms. The maximum absolute atomic E-state index is 11.7. The standard InChI is InChI=1S/C11H19NO4S2/c1-5-16-9-6-8(4)17-10(9)11(13)12-18(14,15)7(2)3/h6-7,11-13H,5H2,1-4H3. The number of aryl methyl sites for hydroxylation is 1. The Balaban J connectivity index is 2.94. The molecule has 2 N–H and O–H groups in total. The third kappa shape index (κ3) is 3.68. The first kappa shape index (κ1) is 15.4. The number of nitrogens with one attached hydrogen (secondary N) is 1. The minimum Gasteiger partial charge on any atom is -0.493 e. The lowest BCUT2D eigenvalue weighted by Gasteiger charge is -2.15. The molecule has 1 unspecified atom stereocenters. The predicted octanol–water partition coefficient (Wildman–Crippen LogP) is 1.77. The summed E-state index contributed by atoms with van der Waals surface area (Å²) in [5.41, 5.74) is 0. The summed E-state index contributed by atoms with van der Waals surface area (Å²) >= 11 is 1.31. The van der Waals surface area contributed by atoms with Crippen LogP contribution in [0.25, 0.3) is 0 Å². The van der Waals surface area contributed by atoms with Crippen molar-refractivity contribution in [1.82, 2.24) is 4.72 Å². The van der Waals surface area contributed by atoms with Crippen LogP contribution < -0.4 is 9.46 Å². The Kier molecular flexibility index (Phi) is 5.15. The highest BCUT2D eigenvalue weighted by molar-refractivity contribution is 7.90. The van der Waals surface area contributed by atoms with Crippen molar-refractivity contribution in [2.75, 3.05) is 6.61 Å². The molecule has 0 bridgehead atoms. The topological polar surface area (TPSA) is 75.6 Å². The van der Waals surface area contributed by atoms with Gasteiger partial charge in [-0.25, -0.2) is 8.42 Å². The number of aliphatic hydroxyl groups is 1. The Morgan fingerprint density at radius 1 is 1.50 bits per heavy atom. The highest BCUT2D eigenvalue weighted by Gasteiger charge is 2.24. The fourth-order valence-corrected chi connectivity index (χ4v) is 2.99. The Morgan fingerprint density at radius 3 is 2.61 bits per heavy atom. The molecule has 1 aromatic heterocycles. The highest BCUT2D eigenvalue weighted by atomic mass is 32.2. The molecule has 1 heterocycles. The summed E-state index contributed by atoms with van der Waals surface area (Å²) in [5, 5.41) is 9.37. The first-order valence-corrected chi connectivity index (χ1v) is 8.06. The summed E-state index contributed by atoms with van der Waals surface area (Å²) < 4.78 is 31.0. The van der Waals surface area contributed by atoms with Crippen molar-refractivity contribution >= 4 is 21.4 Å². The van der Waals surface area contributed by atoms with Crippen molar-refractivity contribution in [3.05, 3.63) is 15.8 Å². The minimum atomic E-state index is -3.52. The van der Waals surface area contributed by atoms with E-state index in [0.717, 1.165) is 4.88 Å². The number of hydrogen-bond donors (Lipinski definition) is 2. The van der Waals surface area contributed by atoms with Crippen LogP contribution in [0.5, 0.6) is 5.75 Å². The van der Waals surface area contributed by atoms with Gasteiger partial charge in [0.15, 0.2) is 6.23 Å². The average molecular weight is 293 g/mol. The Morgan fingerprint density at radius 2 is 2.11 bits per heavy atom. The van der Waals surface area contributed by atoms with E-state index in [1.165, 1.54) is 11.3 Å². The van der Waals surface area contributed by atoms with Gasteiger partial charge in [-0.2, -0.15) is 4.72 Å². The van der Waals surface area contributed by atoms with E-state index < -0.39 is 21.5 Å². The molecule has 0 aliphatic carbocycles. The molecule has 0 spiro atoms. The van der Waals surface area contributed by atoms with Crippen LogP contribution in [0.15, 0.2) is 6.07 Å². The Hall–Kier alpha value is -0.630. The van der Waals surface area contributed by atoms with Gasteiger partial charge in [0.1, 0.15) is 5.75 Å². The Labute approximate surface area is 112 Å². The lowest BCUT2D eigenvalue weighted by molar-refractivity contribution is 0.165. The van der Waals surface area contributed by atoms with Crippen LogP contribution in [-0.4, -0.2) is 25.4 Å². The molecule has 0 amide bonds. The first-order valence-electron chi connectivity index (χ1n) is 5.70. The average Bonchev–Trinajstić information content (AvgIpc) is 2.59. The monoisotopic (exact) mass is 293 g/mol. The van der Waals surface area contributed by atoms with Crippen molar-refractivity contribution in [2.24, 2.45) is 0 Å². The van der Waals surface area contributed by atoms with Gasteiger partial charge >= 0.3 is 0 Å². The van der Waals surface area contributed by atoms with Gasteiger partial charge in [-0.3, -0.25) is 0 Å². The highest BCUT2D eigenvalue weighted by Crippen LogP contribution is 2.33. The van der Waals surface area contributed by atoms with Gasteiger partial charge in [0.25, 0.3) is 0 Å². The summed E-state index contributed by atoms with van der Waals surface area (Å²) in [5.74, 6) is 0.527. The normalized spacial score (nSPS) is 13.9. The predicted molar refractivity (Wildman–Crippen MR) is 72.4 cm³/mol. The molecule has 0 fully saturated rings. The van der Waals surface area contributed by atoms with Crippen LogP contribution in [0.3, 0.4) is 0 Å². The lowest BCUT2D eigenvalue weighted by atomic mass is 10.4. The van der Waals surface area contributed by atoms with Gasteiger partial charge in [-0.15, -0.1) is 11.3 Å². The van der Waals surface area contributed by atoms with Gasteiger partial charge in [-0.05, 0) is 33.8 Å². The van der Waals surface area contributed by atoms with Crippen molar-refractivity contribution in [2.45, 2.75) is 39.2 Å². The number of aliphatic hydroxyl groups excluding tert-OH is 1. The van der Waals surface area contributed by atoms with Crippen molar-refractivity contribution in [3.63, 3.8) is 0 Å². The first-order chi connectivity index (χ1) is 8.27. The summed E-state index contributed by atoms with van der Waals surface area (Å²) in [6, 6.07) is 1.79. The van der Waals surface area contributed by atoms with Crippen LogP contribution >= 0.6 is 11.3 Å². The van der Waals surface area contributed by atoms with E-state index in [9.17, 15) is 13.5 Å². The van der Waals surface area contributed by atoms with Crippen LogP contribution in [0.4, 0.5) is 0 Å². The second-order valence-electron chi connectivity index (χ2n) is 4.13. The van der Waals surface area contributed by atoms with E-state index in [1.807, 2.05) is 13.8 Å². The molecule has 0 saturated carbocycles. The Bertz CT molecular complexity index is 493. The molecule has 104 valence electrons.